The molecular formula is C13H13F4N3. The molecule has 0 fully saturated rings. The number of benzene rings is 1. The van der Waals surface area contributed by atoms with Gasteiger partial charge in [-0.05, 0) is 26.0 Å². The topological polar surface area (TPSA) is 29.0 Å². The van der Waals surface area contributed by atoms with Crippen molar-refractivity contribution in [3.05, 3.63) is 29.8 Å². The number of hydrogen-bond acceptors (Lipinski definition) is 3. The highest BCUT2D eigenvalue weighted by Crippen LogP contribution is 2.32. The number of para-hydroxylation sites is 1. The lowest BCUT2D eigenvalue weighted by atomic mass is 10.2. The summed E-state index contributed by atoms with van der Waals surface area (Å²) in [5, 5.41) is 0.279. The summed E-state index contributed by atoms with van der Waals surface area (Å²) < 4.78 is 52.2. The van der Waals surface area contributed by atoms with Gasteiger partial charge in [-0.2, -0.15) is 13.2 Å². The second kappa shape index (κ2) is 5.22. The highest BCUT2D eigenvalue weighted by molar-refractivity contribution is 5.90. The second-order valence-corrected chi connectivity index (χ2v) is 4.18. The number of anilines is 1. The lowest BCUT2D eigenvalue weighted by Gasteiger charge is -2.22. The third-order valence-corrected chi connectivity index (χ3v) is 2.97. The molecule has 2 rings (SSSR count). The fourth-order valence-corrected chi connectivity index (χ4v) is 1.99. The van der Waals surface area contributed by atoms with Crippen molar-refractivity contribution in [1.82, 2.24) is 9.97 Å². The first-order valence-electron chi connectivity index (χ1n) is 6.16. The zero-order chi connectivity index (χ0) is 14.9. The smallest absolute Gasteiger partial charge is 0.357 e. The lowest BCUT2D eigenvalue weighted by molar-refractivity contribution is -0.144. The first kappa shape index (κ1) is 14.5. The number of rotatable bonds is 3. The molecule has 0 atom stereocenters. The van der Waals surface area contributed by atoms with Gasteiger partial charge >= 0.3 is 6.18 Å². The SMILES string of the molecule is CCN(CC)c1nc(C(F)(F)F)nc2c(F)cccc12. The van der Waals surface area contributed by atoms with Crippen LogP contribution in [0.3, 0.4) is 0 Å². The maximum Gasteiger partial charge on any atom is 0.451 e. The van der Waals surface area contributed by atoms with Crippen LogP contribution in [0, 0.1) is 5.82 Å². The fraction of sp³-hybridized carbons (Fsp3) is 0.385. The van der Waals surface area contributed by atoms with Gasteiger partial charge in [-0.1, -0.05) is 6.07 Å². The maximum atomic E-state index is 13.7. The van der Waals surface area contributed by atoms with Crippen LogP contribution in [-0.2, 0) is 6.18 Å². The average Bonchev–Trinajstić information content (AvgIpc) is 2.39. The largest absolute Gasteiger partial charge is 0.451 e. The molecule has 0 spiro atoms. The third-order valence-electron chi connectivity index (χ3n) is 2.97. The summed E-state index contributed by atoms with van der Waals surface area (Å²) in [6.45, 7) is 4.53. The molecule has 0 saturated heterocycles. The van der Waals surface area contributed by atoms with Gasteiger partial charge in [0.05, 0.1) is 0 Å². The number of fused-ring (bicyclic) bond motifs is 1. The monoisotopic (exact) mass is 287 g/mol. The van der Waals surface area contributed by atoms with Gasteiger partial charge in [0.1, 0.15) is 17.2 Å². The Morgan fingerprint density at radius 2 is 1.75 bits per heavy atom. The Hall–Kier alpha value is -1.92. The van der Waals surface area contributed by atoms with Crippen LogP contribution in [0.25, 0.3) is 10.9 Å². The Morgan fingerprint density at radius 3 is 2.30 bits per heavy atom. The van der Waals surface area contributed by atoms with E-state index in [2.05, 4.69) is 9.97 Å². The van der Waals surface area contributed by atoms with Crippen molar-refractivity contribution in [2.24, 2.45) is 0 Å². The zero-order valence-electron chi connectivity index (χ0n) is 11.0. The molecule has 0 aliphatic heterocycles. The molecule has 0 saturated carbocycles. The molecular weight excluding hydrogens is 274 g/mol. The minimum atomic E-state index is -4.71. The number of hydrogen-bond donors (Lipinski definition) is 0. The van der Waals surface area contributed by atoms with Crippen molar-refractivity contribution >= 4 is 16.7 Å². The van der Waals surface area contributed by atoms with E-state index in [-0.39, 0.29) is 16.7 Å². The maximum absolute atomic E-state index is 13.7. The molecule has 1 heterocycles. The van der Waals surface area contributed by atoms with E-state index >= 15 is 0 Å². The van der Waals surface area contributed by atoms with Gasteiger partial charge in [-0.3, -0.25) is 0 Å². The van der Waals surface area contributed by atoms with E-state index in [9.17, 15) is 17.6 Å². The summed E-state index contributed by atoms with van der Waals surface area (Å²) in [4.78, 5) is 8.54. The molecule has 20 heavy (non-hydrogen) atoms. The Kier molecular flexibility index (Phi) is 3.78. The van der Waals surface area contributed by atoms with Crippen LogP contribution in [0.5, 0.6) is 0 Å². The van der Waals surface area contributed by atoms with E-state index in [4.69, 9.17) is 0 Å². The van der Waals surface area contributed by atoms with Crippen molar-refractivity contribution < 1.29 is 17.6 Å². The van der Waals surface area contributed by atoms with Crippen LogP contribution in [0.2, 0.25) is 0 Å². The number of aromatic nitrogens is 2. The quantitative estimate of drug-likeness (QED) is 0.807. The molecule has 2 aromatic rings. The van der Waals surface area contributed by atoms with Crippen LogP contribution in [-0.4, -0.2) is 23.1 Å². The van der Waals surface area contributed by atoms with E-state index in [0.717, 1.165) is 6.07 Å². The summed E-state index contributed by atoms with van der Waals surface area (Å²) in [5.74, 6) is -2.01. The Bertz CT molecular complexity index is 621. The molecule has 0 aliphatic carbocycles. The summed E-state index contributed by atoms with van der Waals surface area (Å²) >= 11 is 0. The van der Waals surface area contributed by atoms with Crippen LogP contribution in [0.4, 0.5) is 23.4 Å². The highest BCUT2D eigenvalue weighted by Gasteiger charge is 2.36. The minimum absolute atomic E-state index is 0.104. The van der Waals surface area contributed by atoms with Gasteiger partial charge in [0, 0.05) is 18.5 Å². The fourth-order valence-electron chi connectivity index (χ4n) is 1.99. The zero-order valence-corrected chi connectivity index (χ0v) is 11.0. The van der Waals surface area contributed by atoms with Gasteiger partial charge in [-0.25, -0.2) is 14.4 Å². The Balaban J connectivity index is 2.79. The summed E-state index contributed by atoms with van der Waals surface area (Å²) in [7, 11) is 0. The van der Waals surface area contributed by atoms with Crippen molar-refractivity contribution in [1.29, 1.82) is 0 Å². The molecule has 0 bridgehead atoms. The van der Waals surface area contributed by atoms with Crippen LogP contribution >= 0.6 is 0 Å². The molecule has 0 N–H and O–H groups in total. The van der Waals surface area contributed by atoms with E-state index in [0.29, 0.717) is 13.1 Å². The van der Waals surface area contributed by atoms with Gasteiger partial charge in [0.15, 0.2) is 0 Å². The summed E-state index contributed by atoms with van der Waals surface area (Å²) in [5.41, 5.74) is -0.309. The molecule has 0 aliphatic rings. The predicted octanol–water partition coefficient (Wildman–Crippen LogP) is 3.63. The van der Waals surface area contributed by atoms with E-state index in [1.54, 1.807) is 18.7 Å². The standard InChI is InChI=1S/C13H13F4N3/c1-3-20(4-2)11-8-6-5-7-9(14)10(8)18-12(19-11)13(15,16)17/h5-7H,3-4H2,1-2H3. The van der Waals surface area contributed by atoms with Gasteiger partial charge in [0.25, 0.3) is 0 Å². The molecule has 3 nitrogen and oxygen atoms in total. The normalized spacial score (nSPS) is 11.9. The van der Waals surface area contributed by atoms with Gasteiger partial charge in [-0.15, -0.1) is 0 Å². The van der Waals surface area contributed by atoms with Crippen LogP contribution in [0.1, 0.15) is 19.7 Å². The molecule has 0 radical (unpaired) electrons. The molecule has 1 aromatic heterocycles. The second-order valence-electron chi connectivity index (χ2n) is 4.18. The molecule has 0 unspecified atom stereocenters. The number of alkyl halides is 3. The van der Waals surface area contributed by atoms with Crippen molar-refractivity contribution in [3.63, 3.8) is 0 Å². The Labute approximate surface area is 113 Å². The summed E-state index contributed by atoms with van der Waals surface area (Å²) in [6.07, 6.45) is -4.71. The van der Waals surface area contributed by atoms with E-state index in [1.807, 2.05) is 0 Å². The van der Waals surface area contributed by atoms with Gasteiger partial charge < -0.3 is 4.90 Å². The molecule has 7 heteroatoms. The highest BCUT2D eigenvalue weighted by atomic mass is 19.4. The van der Waals surface area contributed by atoms with Gasteiger partial charge in [0.2, 0.25) is 5.82 Å². The van der Waals surface area contributed by atoms with Crippen LogP contribution in [0.15, 0.2) is 18.2 Å². The van der Waals surface area contributed by atoms with E-state index in [1.165, 1.54) is 12.1 Å². The molecule has 1 aromatic carbocycles. The predicted molar refractivity (Wildman–Crippen MR) is 68.1 cm³/mol. The summed E-state index contributed by atoms with van der Waals surface area (Å²) in [6, 6.07) is 4.04. The molecule has 108 valence electrons. The third kappa shape index (κ3) is 2.52. The first-order chi connectivity index (χ1) is 9.38. The van der Waals surface area contributed by atoms with Crippen molar-refractivity contribution in [2.45, 2.75) is 20.0 Å². The van der Waals surface area contributed by atoms with Crippen LogP contribution < -0.4 is 4.90 Å². The first-order valence-corrected chi connectivity index (χ1v) is 6.16. The number of nitrogens with zero attached hydrogens (tertiary/aromatic N) is 3. The average molecular weight is 287 g/mol. The lowest BCUT2D eigenvalue weighted by Crippen LogP contribution is -2.25. The number of halogens is 4. The minimum Gasteiger partial charge on any atom is -0.357 e. The van der Waals surface area contributed by atoms with Crippen molar-refractivity contribution in [3.8, 4) is 0 Å². The van der Waals surface area contributed by atoms with E-state index < -0.39 is 17.8 Å². The Morgan fingerprint density at radius 1 is 1.10 bits per heavy atom. The van der Waals surface area contributed by atoms with Crippen molar-refractivity contribution in [2.75, 3.05) is 18.0 Å². The molecule has 0 amide bonds.